The lowest BCUT2D eigenvalue weighted by molar-refractivity contribution is -0.149. The van der Waals surface area contributed by atoms with Crippen LogP contribution in [-0.4, -0.2) is 86.4 Å². The Labute approximate surface area is 282 Å². The Morgan fingerprint density at radius 2 is 1.65 bits per heavy atom. The van der Waals surface area contributed by atoms with Crippen LogP contribution in [0, 0.1) is 17.3 Å². The smallest absolute Gasteiger partial charge is 0.289 e. The molecule has 1 saturated heterocycles. The largest absolute Gasteiger partial charge is 0.347 e. The summed E-state index contributed by atoms with van der Waals surface area (Å²) in [5.41, 5.74) is -0.634. The molecule has 3 saturated carbocycles. The maximum absolute atomic E-state index is 14.6. The summed E-state index contributed by atoms with van der Waals surface area (Å²) in [6, 6.07) is -3.83. The van der Waals surface area contributed by atoms with Crippen LogP contribution in [0.4, 0.5) is 0 Å². The van der Waals surface area contributed by atoms with Crippen LogP contribution in [0.2, 0.25) is 0 Å². The second-order valence-electron chi connectivity index (χ2n) is 15.1. The molecule has 0 aromatic carbocycles. The molecule has 48 heavy (non-hydrogen) atoms. The van der Waals surface area contributed by atoms with Gasteiger partial charge in [-0.25, -0.2) is 4.98 Å². The number of fused-ring (bicyclic) bond motifs is 2. The monoisotopic (exact) mass is 665 g/mol. The van der Waals surface area contributed by atoms with Crippen LogP contribution in [0.15, 0.2) is 18.6 Å². The third kappa shape index (κ3) is 8.20. The predicted octanol–water partition coefficient (Wildman–Crippen LogP) is 2.20. The van der Waals surface area contributed by atoms with Crippen molar-refractivity contribution in [3.63, 3.8) is 0 Å². The highest BCUT2D eigenvalue weighted by Gasteiger charge is 2.54. The van der Waals surface area contributed by atoms with Gasteiger partial charge in [0.1, 0.15) is 23.8 Å². The number of rotatable bonds is 13. The first-order chi connectivity index (χ1) is 22.9. The molecule has 1 aromatic heterocycles. The molecule has 13 heteroatoms. The number of nitrogens with one attached hydrogen (secondary N) is 4. The number of Topliss-reactive ketones (excluding diaryl/α,β-unsaturated/α-hetero) is 1. The fourth-order valence-electron chi connectivity index (χ4n) is 7.63. The maximum Gasteiger partial charge on any atom is 0.289 e. The topological polar surface area (TPSA) is 180 Å². The number of amides is 5. The van der Waals surface area contributed by atoms with Crippen molar-refractivity contribution in [2.24, 2.45) is 17.3 Å². The average molecular weight is 666 g/mol. The molecule has 4 N–H and O–H groups in total. The number of likely N-dealkylation sites (tertiary alicyclic amines) is 1. The summed E-state index contributed by atoms with van der Waals surface area (Å²) in [5.74, 6) is -3.33. The molecule has 3 aliphatic carbocycles. The zero-order valence-corrected chi connectivity index (χ0v) is 28.6. The van der Waals surface area contributed by atoms with Crippen LogP contribution in [0.5, 0.6) is 0 Å². The first-order valence-corrected chi connectivity index (χ1v) is 17.7. The minimum absolute atomic E-state index is 0.0145. The van der Waals surface area contributed by atoms with Crippen LogP contribution in [0.1, 0.15) is 115 Å². The number of carbonyl (C=O) groups is 6. The second kappa shape index (κ2) is 15.1. The van der Waals surface area contributed by atoms with Crippen molar-refractivity contribution >= 4 is 35.3 Å². The van der Waals surface area contributed by atoms with Gasteiger partial charge in [0, 0.05) is 24.5 Å². The van der Waals surface area contributed by atoms with Gasteiger partial charge in [0.2, 0.25) is 23.5 Å². The standard InChI is InChI=1S/C35H51N7O6/c1-5-9-24(28(43)33(47)38-22-13-14-22)39-32(46)27-21-12-15-23(18-21)42(27)34(48)29(35(2,3)4)41-31(45)26(20-10-7-6-8-11-20)40-30(44)25-19-36-16-17-37-25/h16-17,19-24,26-27,29H,5-15,18H2,1-4H3,(H,38,47)(H,39,46)(H,40,44)(H,41,45)/t21?,23?,24-,26-,27?,29+/m0/s1. The van der Waals surface area contributed by atoms with Gasteiger partial charge in [-0.05, 0) is 68.6 Å². The molecule has 1 aliphatic heterocycles. The molecule has 3 unspecified atom stereocenters. The average Bonchev–Trinajstić information content (AvgIpc) is 3.64. The van der Waals surface area contributed by atoms with E-state index >= 15 is 0 Å². The molecular formula is C35H51N7O6. The Kier molecular flexibility index (Phi) is 11.1. The minimum atomic E-state index is -0.989. The van der Waals surface area contributed by atoms with Crippen LogP contribution in [-0.2, 0) is 24.0 Å². The molecule has 4 fully saturated rings. The van der Waals surface area contributed by atoms with E-state index in [1.54, 1.807) is 4.90 Å². The first kappa shape index (κ1) is 35.4. The lowest BCUT2D eigenvalue weighted by atomic mass is 9.81. The molecule has 0 radical (unpaired) electrons. The van der Waals surface area contributed by atoms with Crippen molar-refractivity contribution in [1.82, 2.24) is 36.1 Å². The quantitative estimate of drug-likeness (QED) is 0.232. The molecule has 2 bridgehead atoms. The highest BCUT2D eigenvalue weighted by Crippen LogP contribution is 2.44. The zero-order valence-electron chi connectivity index (χ0n) is 28.6. The van der Waals surface area contributed by atoms with E-state index < -0.39 is 59.0 Å². The molecule has 2 heterocycles. The van der Waals surface area contributed by atoms with E-state index in [9.17, 15) is 28.8 Å². The number of ketones is 1. The van der Waals surface area contributed by atoms with E-state index in [1.807, 2.05) is 27.7 Å². The molecule has 262 valence electrons. The second-order valence-corrected chi connectivity index (χ2v) is 15.1. The third-order valence-electron chi connectivity index (χ3n) is 10.3. The van der Waals surface area contributed by atoms with E-state index in [-0.39, 0.29) is 35.5 Å². The molecule has 0 spiro atoms. The van der Waals surface area contributed by atoms with E-state index in [4.69, 9.17) is 0 Å². The van der Waals surface area contributed by atoms with E-state index in [1.165, 1.54) is 18.6 Å². The molecular weight excluding hydrogens is 614 g/mol. The minimum Gasteiger partial charge on any atom is -0.347 e. The lowest BCUT2D eigenvalue weighted by Gasteiger charge is -2.41. The fourth-order valence-corrected chi connectivity index (χ4v) is 7.63. The Morgan fingerprint density at radius 1 is 0.917 bits per heavy atom. The lowest BCUT2D eigenvalue weighted by Crippen LogP contribution is -2.64. The van der Waals surface area contributed by atoms with Crippen molar-refractivity contribution < 1.29 is 28.8 Å². The summed E-state index contributed by atoms with van der Waals surface area (Å²) in [6.07, 6.45) is 13.4. The van der Waals surface area contributed by atoms with E-state index in [0.717, 1.165) is 57.8 Å². The van der Waals surface area contributed by atoms with Crippen molar-refractivity contribution in [2.75, 3.05) is 0 Å². The Balaban J connectivity index is 1.34. The zero-order chi connectivity index (χ0) is 34.6. The normalized spacial score (nSPS) is 24.2. The molecule has 4 aliphatic rings. The SMILES string of the molecule is CCC[C@H](NC(=O)C1C2CCC(C2)N1C(=O)[C@@H](NC(=O)[C@@H](NC(=O)c1cnccn1)C1CCCCC1)C(C)(C)C)C(=O)C(=O)NC1CC1. The van der Waals surface area contributed by atoms with Crippen molar-refractivity contribution in [2.45, 2.75) is 141 Å². The third-order valence-corrected chi connectivity index (χ3v) is 10.3. The van der Waals surface area contributed by atoms with Gasteiger partial charge in [0.05, 0.1) is 12.2 Å². The van der Waals surface area contributed by atoms with Gasteiger partial charge in [-0.3, -0.25) is 33.8 Å². The van der Waals surface area contributed by atoms with Crippen molar-refractivity contribution in [1.29, 1.82) is 0 Å². The molecule has 5 rings (SSSR count). The number of carbonyl (C=O) groups excluding carboxylic acids is 6. The Bertz CT molecular complexity index is 1370. The van der Waals surface area contributed by atoms with Crippen LogP contribution in [0.25, 0.3) is 0 Å². The number of aromatic nitrogens is 2. The Morgan fingerprint density at radius 3 is 2.27 bits per heavy atom. The summed E-state index contributed by atoms with van der Waals surface area (Å²) in [4.78, 5) is 91.0. The molecule has 5 amide bonds. The van der Waals surface area contributed by atoms with Gasteiger partial charge >= 0.3 is 0 Å². The molecule has 13 nitrogen and oxygen atoms in total. The van der Waals surface area contributed by atoms with Gasteiger partial charge in [0.15, 0.2) is 0 Å². The van der Waals surface area contributed by atoms with E-state index in [2.05, 4.69) is 31.2 Å². The maximum atomic E-state index is 14.6. The summed E-state index contributed by atoms with van der Waals surface area (Å²) >= 11 is 0. The summed E-state index contributed by atoms with van der Waals surface area (Å²) < 4.78 is 0. The van der Waals surface area contributed by atoms with Gasteiger partial charge in [-0.2, -0.15) is 0 Å². The number of piperidine rings is 1. The first-order valence-electron chi connectivity index (χ1n) is 17.7. The fraction of sp³-hybridized carbons (Fsp3) is 0.714. The van der Waals surface area contributed by atoms with Crippen LogP contribution < -0.4 is 21.3 Å². The highest BCUT2D eigenvalue weighted by molar-refractivity contribution is 6.38. The number of hydrogen-bond donors (Lipinski definition) is 4. The van der Waals surface area contributed by atoms with Gasteiger partial charge in [-0.1, -0.05) is 53.4 Å². The van der Waals surface area contributed by atoms with Crippen LogP contribution >= 0.6 is 0 Å². The number of nitrogens with zero attached hydrogens (tertiary/aromatic N) is 3. The van der Waals surface area contributed by atoms with Gasteiger partial charge in [0.25, 0.3) is 11.8 Å². The van der Waals surface area contributed by atoms with Crippen LogP contribution in [0.3, 0.4) is 0 Å². The van der Waals surface area contributed by atoms with Gasteiger partial charge < -0.3 is 26.2 Å². The summed E-state index contributed by atoms with van der Waals surface area (Å²) in [5, 5.41) is 11.4. The van der Waals surface area contributed by atoms with Crippen molar-refractivity contribution in [3.05, 3.63) is 24.3 Å². The number of hydrogen-bond acceptors (Lipinski definition) is 8. The highest BCUT2D eigenvalue weighted by atomic mass is 16.2. The predicted molar refractivity (Wildman–Crippen MR) is 176 cm³/mol. The van der Waals surface area contributed by atoms with Gasteiger partial charge in [-0.15, -0.1) is 0 Å². The summed E-state index contributed by atoms with van der Waals surface area (Å²) in [7, 11) is 0. The summed E-state index contributed by atoms with van der Waals surface area (Å²) in [6.45, 7) is 7.47. The Hall–Kier alpha value is -3.90. The van der Waals surface area contributed by atoms with Crippen molar-refractivity contribution in [3.8, 4) is 0 Å². The molecule has 1 aromatic rings. The van der Waals surface area contributed by atoms with E-state index in [0.29, 0.717) is 19.3 Å². The molecule has 6 atom stereocenters.